The third-order valence-electron chi connectivity index (χ3n) is 2.56. The van der Waals surface area contributed by atoms with Crippen LogP contribution in [0.25, 0.3) is 10.6 Å². The van der Waals surface area contributed by atoms with Crippen molar-refractivity contribution < 1.29 is 0 Å². The number of aromatic nitrogens is 2. The molecule has 3 nitrogen and oxygen atoms in total. The van der Waals surface area contributed by atoms with E-state index >= 15 is 0 Å². The molecule has 0 atom stereocenters. The van der Waals surface area contributed by atoms with Crippen LogP contribution in [-0.4, -0.2) is 9.78 Å². The highest BCUT2D eigenvalue weighted by Crippen LogP contribution is 2.31. The molecule has 0 saturated carbocycles. The number of nitrogen functional groups attached to an aromatic ring is 1. The second kappa shape index (κ2) is 4.29. The first-order valence-electron chi connectivity index (χ1n) is 5.44. The van der Waals surface area contributed by atoms with Gasteiger partial charge in [-0.25, -0.2) is 0 Å². The average Bonchev–Trinajstić information content (AvgIpc) is 2.81. The first kappa shape index (κ1) is 11.2. The van der Waals surface area contributed by atoms with Gasteiger partial charge >= 0.3 is 0 Å². The summed E-state index contributed by atoms with van der Waals surface area (Å²) in [4.78, 5) is 1.20. The van der Waals surface area contributed by atoms with Crippen molar-refractivity contribution >= 4 is 17.2 Å². The second-order valence-electron chi connectivity index (χ2n) is 4.41. The van der Waals surface area contributed by atoms with Gasteiger partial charge < -0.3 is 5.73 Å². The molecule has 0 unspecified atom stereocenters. The number of hydrogen-bond donors (Lipinski definition) is 1. The third kappa shape index (κ3) is 1.97. The summed E-state index contributed by atoms with van der Waals surface area (Å²) in [5, 5.41) is 6.58. The maximum absolute atomic E-state index is 6.06. The van der Waals surface area contributed by atoms with Crippen LogP contribution in [0.5, 0.6) is 0 Å². The fraction of sp³-hybridized carbons (Fsp3) is 0.417. The van der Waals surface area contributed by atoms with Gasteiger partial charge in [-0.2, -0.15) is 5.10 Å². The summed E-state index contributed by atoms with van der Waals surface area (Å²) in [6.07, 6.45) is 0.979. The van der Waals surface area contributed by atoms with Crippen LogP contribution >= 0.6 is 11.3 Å². The van der Waals surface area contributed by atoms with E-state index in [-0.39, 0.29) is 0 Å². The smallest absolute Gasteiger partial charge is 0.125 e. The van der Waals surface area contributed by atoms with Crippen LogP contribution in [0.4, 0.5) is 5.82 Å². The summed E-state index contributed by atoms with van der Waals surface area (Å²) in [6, 6.07) is 4.14. The first-order valence-corrected chi connectivity index (χ1v) is 6.32. The molecule has 0 saturated heterocycles. The highest BCUT2D eigenvalue weighted by Gasteiger charge is 2.16. The van der Waals surface area contributed by atoms with E-state index in [4.69, 9.17) is 5.73 Å². The predicted octanol–water partition coefficient (Wildman–Crippen LogP) is 2.93. The summed E-state index contributed by atoms with van der Waals surface area (Å²) >= 11 is 1.71. The monoisotopic (exact) mass is 235 g/mol. The molecule has 0 aromatic carbocycles. The summed E-state index contributed by atoms with van der Waals surface area (Å²) in [5.74, 6) is 1.38. The summed E-state index contributed by atoms with van der Waals surface area (Å²) in [6.45, 7) is 4.40. The lowest BCUT2D eigenvalue weighted by molar-refractivity contribution is 0.649. The van der Waals surface area contributed by atoms with Gasteiger partial charge in [0.1, 0.15) is 11.5 Å². The van der Waals surface area contributed by atoms with Gasteiger partial charge in [-0.1, -0.05) is 19.9 Å². The zero-order valence-corrected chi connectivity index (χ0v) is 10.7. The lowest BCUT2D eigenvalue weighted by Gasteiger charge is -2.05. The Hall–Kier alpha value is -1.29. The van der Waals surface area contributed by atoms with E-state index in [0.717, 1.165) is 17.9 Å². The van der Waals surface area contributed by atoms with Crippen LogP contribution in [0.15, 0.2) is 17.5 Å². The van der Waals surface area contributed by atoms with Crippen LogP contribution in [-0.2, 0) is 13.5 Å². The largest absolute Gasteiger partial charge is 0.384 e. The Kier molecular flexibility index (Phi) is 3.01. The molecular formula is C12H17N3S. The van der Waals surface area contributed by atoms with Crippen molar-refractivity contribution in [2.24, 2.45) is 13.0 Å². The van der Waals surface area contributed by atoms with Crippen molar-refractivity contribution in [3.63, 3.8) is 0 Å². The summed E-state index contributed by atoms with van der Waals surface area (Å²) < 4.78 is 1.77. The van der Waals surface area contributed by atoms with E-state index in [9.17, 15) is 0 Å². The molecule has 16 heavy (non-hydrogen) atoms. The number of nitrogens with two attached hydrogens (primary N) is 1. The quantitative estimate of drug-likeness (QED) is 0.889. The normalized spacial score (nSPS) is 11.2. The Bertz CT molecular complexity index is 469. The Morgan fingerprint density at radius 1 is 1.50 bits per heavy atom. The van der Waals surface area contributed by atoms with Gasteiger partial charge in [0.05, 0.1) is 4.88 Å². The van der Waals surface area contributed by atoms with Crippen LogP contribution in [0.1, 0.15) is 19.4 Å². The molecular weight excluding hydrogens is 218 g/mol. The van der Waals surface area contributed by atoms with Crippen LogP contribution < -0.4 is 5.73 Å². The molecule has 2 aromatic heterocycles. The van der Waals surface area contributed by atoms with Gasteiger partial charge in [-0.15, -0.1) is 11.3 Å². The maximum atomic E-state index is 6.06. The van der Waals surface area contributed by atoms with Crippen molar-refractivity contribution in [2.45, 2.75) is 20.3 Å². The zero-order chi connectivity index (χ0) is 11.7. The Balaban J connectivity index is 2.48. The summed E-state index contributed by atoms with van der Waals surface area (Å²) in [5.41, 5.74) is 8.29. The van der Waals surface area contributed by atoms with Crippen LogP contribution in [0.2, 0.25) is 0 Å². The third-order valence-corrected chi connectivity index (χ3v) is 3.44. The molecule has 0 bridgehead atoms. The molecule has 0 spiro atoms. The molecule has 0 aliphatic rings. The maximum Gasteiger partial charge on any atom is 0.125 e. The van der Waals surface area contributed by atoms with E-state index in [1.54, 1.807) is 16.0 Å². The molecule has 2 N–H and O–H groups in total. The Morgan fingerprint density at radius 3 is 2.81 bits per heavy atom. The molecule has 2 heterocycles. The second-order valence-corrected chi connectivity index (χ2v) is 5.36. The number of nitrogens with zero attached hydrogens (tertiary/aromatic N) is 2. The van der Waals surface area contributed by atoms with E-state index in [2.05, 4.69) is 30.4 Å². The van der Waals surface area contributed by atoms with Gasteiger partial charge in [0.15, 0.2) is 0 Å². The van der Waals surface area contributed by atoms with Gasteiger partial charge in [0.2, 0.25) is 0 Å². The molecule has 0 aliphatic heterocycles. The lowest BCUT2D eigenvalue weighted by Crippen LogP contribution is -2.01. The number of anilines is 1. The Labute approximate surface area is 99.9 Å². The lowest BCUT2D eigenvalue weighted by atomic mass is 10.0. The van der Waals surface area contributed by atoms with Gasteiger partial charge in [0.25, 0.3) is 0 Å². The minimum atomic E-state index is 0.588. The van der Waals surface area contributed by atoms with Crippen molar-refractivity contribution in [1.29, 1.82) is 0 Å². The van der Waals surface area contributed by atoms with Gasteiger partial charge in [-0.05, 0) is 23.8 Å². The molecule has 2 aromatic rings. The minimum absolute atomic E-state index is 0.588. The van der Waals surface area contributed by atoms with Crippen molar-refractivity contribution in [2.75, 3.05) is 5.73 Å². The molecule has 0 amide bonds. The highest BCUT2D eigenvalue weighted by atomic mass is 32.1. The van der Waals surface area contributed by atoms with Gasteiger partial charge in [0, 0.05) is 12.6 Å². The first-order chi connectivity index (χ1) is 7.59. The fourth-order valence-electron chi connectivity index (χ4n) is 1.80. The molecule has 0 radical (unpaired) electrons. The standard InChI is InChI=1S/C12H17N3S/c1-8(2)7-9-11(10-5-4-6-16-10)14-15(3)12(9)13/h4-6,8H,7,13H2,1-3H3. The fourth-order valence-corrected chi connectivity index (χ4v) is 2.54. The van der Waals surface area contributed by atoms with Crippen molar-refractivity contribution in [1.82, 2.24) is 9.78 Å². The molecule has 86 valence electrons. The molecule has 4 heteroatoms. The van der Waals surface area contributed by atoms with Crippen molar-refractivity contribution in [3.8, 4) is 10.6 Å². The van der Waals surface area contributed by atoms with E-state index < -0.39 is 0 Å². The average molecular weight is 235 g/mol. The minimum Gasteiger partial charge on any atom is -0.384 e. The zero-order valence-electron chi connectivity index (χ0n) is 9.90. The van der Waals surface area contributed by atoms with E-state index in [0.29, 0.717) is 5.92 Å². The van der Waals surface area contributed by atoms with Gasteiger partial charge in [-0.3, -0.25) is 4.68 Å². The topological polar surface area (TPSA) is 43.8 Å². The number of rotatable bonds is 3. The highest BCUT2D eigenvalue weighted by molar-refractivity contribution is 7.13. The number of aryl methyl sites for hydroxylation is 1. The number of hydrogen-bond acceptors (Lipinski definition) is 3. The predicted molar refractivity (Wildman–Crippen MR) is 69.5 cm³/mol. The Morgan fingerprint density at radius 2 is 2.25 bits per heavy atom. The van der Waals surface area contributed by atoms with Crippen LogP contribution in [0, 0.1) is 5.92 Å². The molecule has 2 rings (SSSR count). The number of thiophene rings is 1. The summed E-state index contributed by atoms with van der Waals surface area (Å²) in [7, 11) is 1.90. The molecule has 0 fully saturated rings. The van der Waals surface area contributed by atoms with Crippen molar-refractivity contribution in [3.05, 3.63) is 23.1 Å². The molecule has 0 aliphatic carbocycles. The SMILES string of the molecule is CC(C)Cc1c(-c2cccs2)nn(C)c1N. The van der Waals surface area contributed by atoms with E-state index in [1.807, 2.05) is 13.1 Å². The van der Waals surface area contributed by atoms with E-state index in [1.165, 1.54) is 10.4 Å². The van der Waals surface area contributed by atoms with Crippen LogP contribution in [0.3, 0.4) is 0 Å².